The lowest BCUT2D eigenvalue weighted by atomic mass is 9.84. The molecule has 1 saturated heterocycles. The van der Waals surface area contributed by atoms with Crippen LogP contribution in [-0.2, 0) is 20.8 Å². The molecule has 2 fully saturated rings. The number of pyridine rings is 1. The molecule has 0 bridgehead atoms. The number of benzene rings is 1. The van der Waals surface area contributed by atoms with Crippen molar-refractivity contribution in [1.29, 1.82) is 0 Å². The molecule has 1 saturated carbocycles. The second-order valence-corrected chi connectivity index (χ2v) is 7.72. The van der Waals surface area contributed by atoms with Crippen molar-refractivity contribution in [3.05, 3.63) is 40.2 Å². The van der Waals surface area contributed by atoms with Gasteiger partial charge in [-0.25, -0.2) is 0 Å². The number of carbonyl (C=O) groups is 1. The van der Waals surface area contributed by atoms with Gasteiger partial charge in [0.1, 0.15) is 5.75 Å². The van der Waals surface area contributed by atoms with Gasteiger partial charge < -0.3 is 24.1 Å². The van der Waals surface area contributed by atoms with E-state index in [0.717, 1.165) is 35.9 Å². The van der Waals surface area contributed by atoms with E-state index in [0.29, 0.717) is 38.5 Å². The third-order valence-electron chi connectivity index (χ3n) is 5.64. The molecule has 1 aromatic heterocycles. The summed E-state index contributed by atoms with van der Waals surface area (Å²) in [5.74, 6) is 0.921. The average Bonchev–Trinajstić information content (AvgIpc) is 2.68. The fourth-order valence-corrected chi connectivity index (χ4v) is 3.84. The minimum absolute atomic E-state index is 0.0589. The lowest BCUT2D eigenvalue weighted by Crippen LogP contribution is -2.46. The second-order valence-electron chi connectivity index (χ2n) is 7.72. The highest BCUT2D eigenvalue weighted by Gasteiger charge is 2.31. The van der Waals surface area contributed by atoms with E-state index in [1.807, 2.05) is 31.2 Å². The molecule has 0 radical (unpaired) electrons. The Morgan fingerprint density at radius 2 is 2.14 bits per heavy atom. The molecule has 4 rings (SSSR count). The van der Waals surface area contributed by atoms with Crippen LogP contribution < -0.4 is 10.3 Å². The molecule has 0 spiro atoms. The molecule has 2 aromatic rings. The predicted octanol–water partition coefficient (Wildman–Crippen LogP) is 2.47. The van der Waals surface area contributed by atoms with E-state index in [1.54, 1.807) is 4.90 Å². The number of nitrogens with zero attached hydrogens (tertiary/aromatic N) is 1. The summed E-state index contributed by atoms with van der Waals surface area (Å²) in [6, 6.07) is 7.45. The van der Waals surface area contributed by atoms with Crippen molar-refractivity contribution >= 4 is 16.8 Å². The van der Waals surface area contributed by atoms with E-state index in [1.165, 1.54) is 0 Å². The van der Waals surface area contributed by atoms with Crippen LogP contribution in [0.5, 0.6) is 5.75 Å². The number of H-pyrrole nitrogens is 1. The molecule has 1 aliphatic heterocycles. The number of rotatable bonds is 7. The Labute approximate surface area is 169 Å². The first-order chi connectivity index (χ1) is 14.1. The van der Waals surface area contributed by atoms with Crippen molar-refractivity contribution in [2.24, 2.45) is 5.92 Å². The van der Waals surface area contributed by atoms with Gasteiger partial charge in [0, 0.05) is 28.9 Å². The van der Waals surface area contributed by atoms with Gasteiger partial charge in [-0.1, -0.05) is 6.42 Å². The smallest absolute Gasteiger partial charge is 0.253 e. The summed E-state index contributed by atoms with van der Waals surface area (Å²) in [7, 11) is 0. The summed E-state index contributed by atoms with van der Waals surface area (Å²) in [6.07, 6.45) is 2.77. The highest BCUT2D eigenvalue weighted by molar-refractivity contribution is 5.81. The number of ether oxygens (including phenoxy) is 3. The molecule has 7 nitrogen and oxygen atoms in total. The molecule has 1 aliphatic carbocycles. The molecule has 2 heterocycles. The monoisotopic (exact) mass is 400 g/mol. The molecule has 1 amide bonds. The molecular weight excluding hydrogens is 372 g/mol. The summed E-state index contributed by atoms with van der Waals surface area (Å²) in [5.41, 5.74) is 1.15. The topological polar surface area (TPSA) is 80.9 Å². The number of aromatic amines is 1. The van der Waals surface area contributed by atoms with Crippen molar-refractivity contribution in [2.45, 2.75) is 38.8 Å². The zero-order chi connectivity index (χ0) is 20.2. The zero-order valence-corrected chi connectivity index (χ0v) is 16.8. The molecule has 29 heavy (non-hydrogen) atoms. The second kappa shape index (κ2) is 8.97. The minimum Gasteiger partial charge on any atom is -0.494 e. The van der Waals surface area contributed by atoms with Gasteiger partial charge in [-0.3, -0.25) is 9.59 Å². The Bertz CT molecular complexity index is 915. The largest absolute Gasteiger partial charge is 0.494 e. The van der Waals surface area contributed by atoms with Crippen molar-refractivity contribution in [3.63, 3.8) is 0 Å². The van der Waals surface area contributed by atoms with E-state index in [2.05, 4.69) is 4.98 Å². The summed E-state index contributed by atoms with van der Waals surface area (Å²) in [5, 5.41) is 0.888. The minimum atomic E-state index is -0.172. The van der Waals surface area contributed by atoms with Crippen LogP contribution >= 0.6 is 0 Å². The summed E-state index contributed by atoms with van der Waals surface area (Å²) in [6.45, 7) is 4.80. The van der Waals surface area contributed by atoms with Gasteiger partial charge >= 0.3 is 0 Å². The summed E-state index contributed by atoms with van der Waals surface area (Å²) < 4.78 is 16.8. The van der Waals surface area contributed by atoms with Gasteiger partial charge in [-0.05, 0) is 44.0 Å². The van der Waals surface area contributed by atoms with Crippen LogP contribution in [0, 0.1) is 5.92 Å². The number of amides is 1. The number of hydrogen-bond acceptors (Lipinski definition) is 5. The van der Waals surface area contributed by atoms with Crippen LogP contribution in [0.1, 0.15) is 31.7 Å². The Balaban J connectivity index is 1.59. The molecule has 7 heteroatoms. The summed E-state index contributed by atoms with van der Waals surface area (Å²) >= 11 is 0. The molecule has 156 valence electrons. The fraction of sp³-hybridized carbons (Fsp3) is 0.545. The van der Waals surface area contributed by atoms with Gasteiger partial charge in [0.2, 0.25) is 5.91 Å². The van der Waals surface area contributed by atoms with E-state index in [9.17, 15) is 9.59 Å². The molecule has 1 atom stereocenters. The number of hydrogen-bond donors (Lipinski definition) is 1. The highest BCUT2D eigenvalue weighted by Crippen LogP contribution is 2.29. The summed E-state index contributed by atoms with van der Waals surface area (Å²) in [4.78, 5) is 30.4. The van der Waals surface area contributed by atoms with E-state index in [4.69, 9.17) is 14.2 Å². The molecule has 2 aliphatic rings. The lowest BCUT2D eigenvalue weighted by Gasteiger charge is -2.34. The van der Waals surface area contributed by atoms with E-state index in [-0.39, 0.29) is 30.0 Å². The number of carbonyl (C=O) groups excluding carboxylic acids is 1. The maximum Gasteiger partial charge on any atom is 0.253 e. The van der Waals surface area contributed by atoms with Crippen LogP contribution in [0.15, 0.2) is 29.1 Å². The number of fused-ring (bicyclic) bond motifs is 1. The van der Waals surface area contributed by atoms with Crippen LogP contribution in [0.4, 0.5) is 0 Å². The zero-order valence-electron chi connectivity index (χ0n) is 16.8. The first-order valence-electron chi connectivity index (χ1n) is 10.4. The predicted molar refractivity (Wildman–Crippen MR) is 109 cm³/mol. The maximum atomic E-state index is 13.0. The normalized spacial score (nSPS) is 19.7. The Morgan fingerprint density at radius 3 is 2.83 bits per heavy atom. The number of aromatic nitrogens is 1. The molecule has 0 unspecified atom stereocenters. The first kappa shape index (κ1) is 19.9. The number of nitrogens with one attached hydrogen (secondary N) is 1. The van der Waals surface area contributed by atoms with Crippen LogP contribution in [-0.4, -0.2) is 54.9 Å². The van der Waals surface area contributed by atoms with Gasteiger partial charge in [0.05, 0.1) is 39.1 Å². The fourth-order valence-electron chi connectivity index (χ4n) is 3.84. The first-order valence-corrected chi connectivity index (χ1v) is 10.4. The maximum absolute atomic E-state index is 13.0. The molecule has 1 N–H and O–H groups in total. The van der Waals surface area contributed by atoms with Gasteiger partial charge in [-0.2, -0.15) is 0 Å². The van der Waals surface area contributed by atoms with Crippen molar-refractivity contribution < 1.29 is 19.0 Å². The van der Waals surface area contributed by atoms with E-state index >= 15 is 0 Å². The third-order valence-corrected chi connectivity index (χ3v) is 5.64. The van der Waals surface area contributed by atoms with Crippen molar-refractivity contribution in [1.82, 2.24) is 9.88 Å². The highest BCUT2D eigenvalue weighted by atomic mass is 16.6. The van der Waals surface area contributed by atoms with E-state index < -0.39 is 0 Å². The standard InChI is InChI=1S/C22H28N2O5/c1-2-28-18-6-7-20-16(11-18)10-17(21(25)23-20)12-24(22(26)15-4-3-5-15)13-19-14-27-8-9-29-19/h6-7,10-11,15,19H,2-5,8-9,12-14H2,1H3,(H,23,25)/t19-/m0/s1. The van der Waals surface area contributed by atoms with Crippen molar-refractivity contribution in [3.8, 4) is 5.75 Å². The quantitative estimate of drug-likeness (QED) is 0.772. The molecular formula is C22H28N2O5. The lowest BCUT2D eigenvalue weighted by molar-refractivity contribution is -0.145. The Morgan fingerprint density at radius 1 is 1.28 bits per heavy atom. The Hall–Kier alpha value is -2.38. The molecule has 1 aromatic carbocycles. The van der Waals surface area contributed by atoms with Crippen molar-refractivity contribution in [2.75, 3.05) is 33.0 Å². The van der Waals surface area contributed by atoms with Crippen LogP contribution in [0.25, 0.3) is 10.9 Å². The van der Waals surface area contributed by atoms with Crippen LogP contribution in [0.3, 0.4) is 0 Å². The Kier molecular flexibility index (Phi) is 6.16. The van der Waals surface area contributed by atoms with Gasteiger partial charge in [0.25, 0.3) is 5.56 Å². The van der Waals surface area contributed by atoms with Crippen LogP contribution in [0.2, 0.25) is 0 Å². The van der Waals surface area contributed by atoms with Gasteiger partial charge in [0.15, 0.2) is 0 Å². The average molecular weight is 400 g/mol. The SMILES string of the molecule is CCOc1ccc2[nH]c(=O)c(CN(C[C@H]3COCCO3)C(=O)C3CCC3)cc2c1. The third kappa shape index (κ3) is 4.62. The van der Waals surface area contributed by atoms with Gasteiger partial charge in [-0.15, -0.1) is 0 Å².